The number of aryl methyl sites for hydroxylation is 1. The molecule has 32 heavy (non-hydrogen) atoms. The van der Waals surface area contributed by atoms with Crippen molar-refractivity contribution in [1.29, 1.82) is 0 Å². The van der Waals surface area contributed by atoms with Gasteiger partial charge in [-0.25, -0.2) is 0 Å². The molecule has 2 aliphatic heterocycles. The fourth-order valence-corrected chi connectivity index (χ4v) is 4.29. The molecule has 0 radical (unpaired) electrons. The molecule has 168 valence electrons. The molecule has 2 aromatic carbocycles. The SMILES string of the molecule is Cc1cc(C2=CCN(C(=O)[C@H]3CN(Cc4ccccc4)CCO3)CC2)cc([N+](=O)[O-])c1N. The van der Waals surface area contributed by atoms with Crippen molar-refractivity contribution in [2.45, 2.75) is 26.0 Å². The molecule has 2 aromatic rings. The third kappa shape index (κ3) is 4.81. The first-order valence-electron chi connectivity index (χ1n) is 10.8. The number of hydrogen-bond donors (Lipinski definition) is 1. The highest BCUT2D eigenvalue weighted by molar-refractivity contribution is 5.83. The van der Waals surface area contributed by atoms with E-state index in [1.165, 1.54) is 11.6 Å². The summed E-state index contributed by atoms with van der Waals surface area (Å²) in [7, 11) is 0. The van der Waals surface area contributed by atoms with E-state index in [4.69, 9.17) is 10.5 Å². The van der Waals surface area contributed by atoms with Gasteiger partial charge >= 0.3 is 0 Å². The van der Waals surface area contributed by atoms with Crippen molar-refractivity contribution in [2.75, 3.05) is 38.5 Å². The lowest BCUT2D eigenvalue weighted by atomic mass is 9.96. The average Bonchev–Trinajstić information content (AvgIpc) is 2.81. The quantitative estimate of drug-likeness (QED) is 0.439. The van der Waals surface area contributed by atoms with Crippen LogP contribution in [0.5, 0.6) is 0 Å². The number of rotatable bonds is 5. The Kier molecular flexibility index (Phi) is 6.53. The second-order valence-electron chi connectivity index (χ2n) is 8.33. The molecule has 1 saturated heterocycles. The lowest BCUT2D eigenvalue weighted by Gasteiger charge is -2.36. The number of hydrogen-bond acceptors (Lipinski definition) is 6. The van der Waals surface area contributed by atoms with Crippen LogP contribution in [0, 0.1) is 17.0 Å². The first kappa shape index (κ1) is 22.0. The van der Waals surface area contributed by atoms with Crippen LogP contribution < -0.4 is 5.73 Å². The molecule has 0 aliphatic carbocycles. The van der Waals surface area contributed by atoms with E-state index in [1.807, 2.05) is 30.3 Å². The third-order valence-electron chi connectivity index (χ3n) is 6.13. The lowest BCUT2D eigenvalue weighted by molar-refractivity contribution is -0.383. The summed E-state index contributed by atoms with van der Waals surface area (Å²) in [5, 5.41) is 11.3. The summed E-state index contributed by atoms with van der Waals surface area (Å²) in [6.07, 6.45) is 2.13. The number of carbonyl (C=O) groups is 1. The van der Waals surface area contributed by atoms with Crippen LogP contribution in [0.3, 0.4) is 0 Å². The number of amides is 1. The van der Waals surface area contributed by atoms with Crippen molar-refractivity contribution in [2.24, 2.45) is 0 Å². The topological polar surface area (TPSA) is 102 Å². The Balaban J connectivity index is 1.40. The molecule has 1 atom stereocenters. The number of nitro benzene ring substituents is 1. The molecule has 1 fully saturated rings. The Morgan fingerprint density at radius 3 is 2.72 bits per heavy atom. The van der Waals surface area contributed by atoms with E-state index in [9.17, 15) is 14.9 Å². The van der Waals surface area contributed by atoms with Crippen LogP contribution in [0.25, 0.3) is 5.57 Å². The molecule has 0 aromatic heterocycles. The van der Waals surface area contributed by atoms with Crippen molar-refractivity contribution in [3.8, 4) is 0 Å². The number of nitrogen functional groups attached to an aromatic ring is 1. The van der Waals surface area contributed by atoms with Crippen molar-refractivity contribution < 1.29 is 14.5 Å². The summed E-state index contributed by atoms with van der Waals surface area (Å²) >= 11 is 0. The van der Waals surface area contributed by atoms with Gasteiger partial charge in [-0.2, -0.15) is 0 Å². The van der Waals surface area contributed by atoms with Gasteiger partial charge in [0.25, 0.3) is 11.6 Å². The Morgan fingerprint density at radius 1 is 1.25 bits per heavy atom. The van der Waals surface area contributed by atoms with Crippen LogP contribution in [-0.2, 0) is 16.1 Å². The lowest BCUT2D eigenvalue weighted by Crippen LogP contribution is -2.51. The van der Waals surface area contributed by atoms with Crippen molar-refractivity contribution in [3.63, 3.8) is 0 Å². The number of ether oxygens (including phenoxy) is 1. The van der Waals surface area contributed by atoms with E-state index in [0.717, 1.165) is 24.2 Å². The Morgan fingerprint density at radius 2 is 2.03 bits per heavy atom. The normalized spacial score (nSPS) is 19.5. The highest BCUT2D eigenvalue weighted by Crippen LogP contribution is 2.32. The maximum absolute atomic E-state index is 13.1. The van der Waals surface area contributed by atoms with Gasteiger partial charge in [0.2, 0.25) is 0 Å². The van der Waals surface area contributed by atoms with E-state index < -0.39 is 11.0 Å². The molecule has 1 amide bonds. The Hall–Kier alpha value is -3.23. The predicted octanol–water partition coefficient (Wildman–Crippen LogP) is 3.00. The highest BCUT2D eigenvalue weighted by atomic mass is 16.6. The minimum absolute atomic E-state index is 0.00229. The van der Waals surface area contributed by atoms with Crippen molar-refractivity contribution >= 4 is 22.9 Å². The summed E-state index contributed by atoms with van der Waals surface area (Å²) in [5.74, 6) is -0.00229. The molecule has 0 unspecified atom stereocenters. The largest absolute Gasteiger partial charge is 0.393 e. The zero-order valence-electron chi connectivity index (χ0n) is 18.2. The van der Waals surface area contributed by atoms with E-state index in [-0.39, 0.29) is 17.3 Å². The van der Waals surface area contributed by atoms with Crippen molar-refractivity contribution in [1.82, 2.24) is 9.80 Å². The van der Waals surface area contributed by atoms with E-state index in [0.29, 0.717) is 38.2 Å². The van der Waals surface area contributed by atoms with Gasteiger partial charge in [-0.3, -0.25) is 19.8 Å². The maximum atomic E-state index is 13.1. The minimum atomic E-state index is -0.470. The number of anilines is 1. The van der Waals surface area contributed by atoms with Gasteiger partial charge in [-0.1, -0.05) is 36.4 Å². The molecule has 0 spiro atoms. The third-order valence-corrected chi connectivity index (χ3v) is 6.13. The minimum Gasteiger partial charge on any atom is -0.393 e. The Bertz CT molecular complexity index is 1040. The van der Waals surface area contributed by atoms with Gasteiger partial charge in [0, 0.05) is 38.8 Å². The molecule has 2 aliphatic rings. The first-order valence-corrected chi connectivity index (χ1v) is 10.8. The van der Waals surface area contributed by atoms with Crippen LogP contribution in [0.15, 0.2) is 48.5 Å². The van der Waals surface area contributed by atoms with E-state index in [2.05, 4.69) is 17.0 Å². The van der Waals surface area contributed by atoms with Gasteiger partial charge < -0.3 is 15.4 Å². The van der Waals surface area contributed by atoms with Crippen LogP contribution in [-0.4, -0.2) is 59.5 Å². The van der Waals surface area contributed by atoms with Crippen LogP contribution in [0.1, 0.15) is 23.1 Å². The van der Waals surface area contributed by atoms with E-state index in [1.54, 1.807) is 11.8 Å². The highest BCUT2D eigenvalue weighted by Gasteiger charge is 2.31. The molecular formula is C24H28N4O4. The van der Waals surface area contributed by atoms with Gasteiger partial charge in [0.15, 0.2) is 0 Å². The number of carbonyl (C=O) groups excluding carboxylic acids is 1. The summed E-state index contributed by atoms with van der Waals surface area (Å²) in [5.41, 5.74) is 9.67. The van der Waals surface area contributed by atoms with Gasteiger partial charge in [-0.05, 0) is 41.7 Å². The number of benzene rings is 2. The van der Waals surface area contributed by atoms with Crippen LogP contribution in [0.4, 0.5) is 11.4 Å². The maximum Gasteiger partial charge on any atom is 0.292 e. The number of morpholine rings is 1. The monoisotopic (exact) mass is 436 g/mol. The molecule has 0 saturated carbocycles. The smallest absolute Gasteiger partial charge is 0.292 e. The second kappa shape index (κ2) is 9.50. The molecular weight excluding hydrogens is 408 g/mol. The summed E-state index contributed by atoms with van der Waals surface area (Å²) in [6, 6.07) is 13.6. The summed E-state index contributed by atoms with van der Waals surface area (Å²) in [4.78, 5) is 28.0. The number of nitrogens with two attached hydrogens (primary N) is 1. The van der Waals surface area contributed by atoms with Crippen LogP contribution >= 0.6 is 0 Å². The average molecular weight is 437 g/mol. The fourth-order valence-electron chi connectivity index (χ4n) is 4.29. The molecule has 8 nitrogen and oxygen atoms in total. The van der Waals surface area contributed by atoms with E-state index >= 15 is 0 Å². The molecule has 2 N–H and O–H groups in total. The predicted molar refractivity (Wildman–Crippen MR) is 123 cm³/mol. The van der Waals surface area contributed by atoms with Gasteiger partial charge in [-0.15, -0.1) is 0 Å². The molecule has 4 rings (SSSR count). The molecule has 8 heteroatoms. The standard InChI is InChI=1S/C24H28N4O4/c1-17-13-20(14-21(23(17)25)28(30)31)19-7-9-27(10-8-19)24(29)22-16-26(11-12-32-22)15-18-5-3-2-4-6-18/h2-7,13-14,22H,8-12,15-16,25H2,1H3/t22-/m1/s1. The Labute approximate surface area is 187 Å². The fraction of sp³-hybridized carbons (Fsp3) is 0.375. The molecule has 2 heterocycles. The molecule has 0 bridgehead atoms. The zero-order valence-corrected chi connectivity index (χ0v) is 18.2. The zero-order chi connectivity index (χ0) is 22.7. The summed E-state index contributed by atoms with van der Waals surface area (Å²) < 4.78 is 5.80. The summed E-state index contributed by atoms with van der Waals surface area (Å²) in [6.45, 7) is 5.50. The number of nitro groups is 1. The van der Waals surface area contributed by atoms with Gasteiger partial charge in [0.1, 0.15) is 11.8 Å². The first-order chi connectivity index (χ1) is 15.4. The van der Waals surface area contributed by atoms with Crippen molar-refractivity contribution in [3.05, 3.63) is 75.3 Å². The number of nitrogens with zero attached hydrogens (tertiary/aromatic N) is 3. The van der Waals surface area contributed by atoms with Gasteiger partial charge in [0.05, 0.1) is 11.5 Å². The second-order valence-corrected chi connectivity index (χ2v) is 8.33. The van der Waals surface area contributed by atoms with Crippen LogP contribution in [0.2, 0.25) is 0 Å².